The molecule has 2 N–H and O–H groups in total. The van der Waals surface area contributed by atoms with Gasteiger partial charge in [0.05, 0.1) is 0 Å². The fraction of sp³-hybridized carbons (Fsp3) is 0.417. The van der Waals surface area contributed by atoms with Crippen molar-refractivity contribution in [3.05, 3.63) is 29.6 Å². The van der Waals surface area contributed by atoms with Gasteiger partial charge >= 0.3 is 0 Å². The Labute approximate surface area is 94.6 Å². The normalized spacial score (nSPS) is 13.9. The van der Waals surface area contributed by atoms with Crippen LogP contribution >= 0.6 is 0 Å². The van der Waals surface area contributed by atoms with E-state index in [1.54, 1.807) is 13.0 Å². The molecule has 1 rings (SSSR count). The maximum absolute atomic E-state index is 13.1. The van der Waals surface area contributed by atoms with Gasteiger partial charge in [0, 0.05) is 17.7 Å². The van der Waals surface area contributed by atoms with E-state index in [1.165, 1.54) is 12.1 Å². The maximum Gasteiger partial charge on any atom is 0.184 e. The predicted molar refractivity (Wildman–Crippen MR) is 59.3 cm³/mol. The topological polar surface area (TPSA) is 59.0 Å². The summed E-state index contributed by atoms with van der Waals surface area (Å²) in [6.07, 6.45) is -0.0231. The fourth-order valence-corrected chi connectivity index (χ4v) is 1.34. The summed E-state index contributed by atoms with van der Waals surface area (Å²) in [6, 6.07) is 5.92. The van der Waals surface area contributed by atoms with Gasteiger partial charge < -0.3 is 10.5 Å². The van der Waals surface area contributed by atoms with E-state index < -0.39 is 11.9 Å². The van der Waals surface area contributed by atoms with Gasteiger partial charge in [-0.05, 0) is 19.4 Å². The molecular weight excluding hydrogens is 207 g/mol. The highest BCUT2D eigenvalue weighted by molar-refractivity contribution is 5.36. The number of ether oxygens (including phenoxy) is 1. The molecule has 86 valence electrons. The van der Waals surface area contributed by atoms with Crippen LogP contribution in [-0.2, 0) is 0 Å². The highest BCUT2D eigenvalue weighted by atomic mass is 19.1. The Kier molecular flexibility index (Phi) is 4.27. The molecule has 0 aliphatic heterocycles. The SMILES string of the molecule is CCC(C#N)Oc1cc(F)ccc1[C@H](C)N. The van der Waals surface area contributed by atoms with Crippen LogP contribution in [0.4, 0.5) is 4.39 Å². The second-order valence-corrected chi connectivity index (χ2v) is 3.61. The Morgan fingerprint density at radius 2 is 2.25 bits per heavy atom. The molecular formula is C12H15FN2O. The molecule has 0 radical (unpaired) electrons. The van der Waals surface area contributed by atoms with Crippen molar-refractivity contribution in [3.63, 3.8) is 0 Å². The Morgan fingerprint density at radius 3 is 2.75 bits per heavy atom. The molecule has 1 aromatic carbocycles. The van der Waals surface area contributed by atoms with E-state index in [9.17, 15) is 4.39 Å². The largest absolute Gasteiger partial charge is 0.475 e. The Bertz CT molecular complexity index is 398. The van der Waals surface area contributed by atoms with Crippen molar-refractivity contribution in [1.29, 1.82) is 5.26 Å². The van der Waals surface area contributed by atoms with Gasteiger partial charge in [-0.2, -0.15) is 5.26 Å². The average Bonchev–Trinajstić information content (AvgIpc) is 2.25. The number of hydrogen-bond donors (Lipinski definition) is 1. The van der Waals surface area contributed by atoms with Crippen LogP contribution in [0.3, 0.4) is 0 Å². The van der Waals surface area contributed by atoms with Gasteiger partial charge in [-0.25, -0.2) is 4.39 Å². The molecule has 0 amide bonds. The van der Waals surface area contributed by atoms with E-state index >= 15 is 0 Å². The van der Waals surface area contributed by atoms with Gasteiger partial charge in [-0.3, -0.25) is 0 Å². The second-order valence-electron chi connectivity index (χ2n) is 3.61. The summed E-state index contributed by atoms with van der Waals surface area (Å²) < 4.78 is 18.5. The highest BCUT2D eigenvalue weighted by Crippen LogP contribution is 2.26. The highest BCUT2D eigenvalue weighted by Gasteiger charge is 2.13. The van der Waals surface area contributed by atoms with Crippen LogP contribution in [0.1, 0.15) is 31.9 Å². The van der Waals surface area contributed by atoms with Crippen LogP contribution in [0.15, 0.2) is 18.2 Å². The molecule has 0 fully saturated rings. The molecule has 0 heterocycles. The van der Waals surface area contributed by atoms with Crippen LogP contribution in [-0.4, -0.2) is 6.10 Å². The molecule has 0 saturated heterocycles. The third-order valence-electron chi connectivity index (χ3n) is 2.25. The average molecular weight is 222 g/mol. The van der Waals surface area contributed by atoms with Crippen LogP contribution < -0.4 is 10.5 Å². The summed E-state index contributed by atoms with van der Waals surface area (Å²) >= 11 is 0. The van der Waals surface area contributed by atoms with Crippen molar-refractivity contribution in [2.24, 2.45) is 5.73 Å². The summed E-state index contributed by atoms with van der Waals surface area (Å²) in [6.45, 7) is 3.62. The van der Waals surface area contributed by atoms with Crippen LogP contribution in [0.5, 0.6) is 5.75 Å². The first kappa shape index (κ1) is 12.5. The first-order valence-electron chi connectivity index (χ1n) is 5.19. The van der Waals surface area contributed by atoms with Gasteiger partial charge in [-0.15, -0.1) is 0 Å². The van der Waals surface area contributed by atoms with E-state index in [2.05, 4.69) is 0 Å². The summed E-state index contributed by atoms with van der Waals surface area (Å²) in [4.78, 5) is 0. The molecule has 3 nitrogen and oxygen atoms in total. The van der Waals surface area contributed by atoms with Gasteiger partial charge in [0.15, 0.2) is 6.10 Å². The molecule has 0 aliphatic rings. The molecule has 0 spiro atoms. The lowest BCUT2D eigenvalue weighted by molar-refractivity contribution is 0.247. The van der Waals surface area contributed by atoms with Crippen molar-refractivity contribution in [1.82, 2.24) is 0 Å². The number of nitrogens with zero attached hydrogens (tertiary/aromatic N) is 1. The zero-order valence-corrected chi connectivity index (χ0v) is 9.40. The van der Waals surface area contributed by atoms with E-state index in [1.807, 2.05) is 13.0 Å². The molecule has 1 unspecified atom stereocenters. The summed E-state index contributed by atoms with van der Waals surface area (Å²) in [5.41, 5.74) is 6.44. The molecule has 0 aromatic heterocycles. The van der Waals surface area contributed by atoms with Crippen molar-refractivity contribution in [2.45, 2.75) is 32.4 Å². The van der Waals surface area contributed by atoms with Crippen LogP contribution in [0.25, 0.3) is 0 Å². The molecule has 4 heteroatoms. The molecule has 1 aromatic rings. The third-order valence-corrected chi connectivity index (χ3v) is 2.25. The maximum atomic E-state index is 13.1. The summed E-state index contributed by atoms with van der Waals surface area (Å²) in [5, 5.41) is 8.79. The van der Waals surface area contributed by atoms with E-state index in [-0.39, 0.29) is 6.04 Å². The number of nitrogens with two attached hydrogens (primary N) is 1. The monoisotopic (exact) mass is 222 g/mol. The van der Waals surface area contributed by atoms with Crippen molar-refractivity contribution in [3.8, 4) is 11.8 Å². The summed E-state index contributed by atoms with van der Waals surface area (Å²) in [7, 11) is 0. The Balaban J connectivity index is 3.01. The number of benzene rings is 1. The third kappa shape index (κ3) is 2.94. The number of hydrogen-bond acceptors (Lipinski definition) is 3. The Morgan fingerprint density at radius 1 is 1.56 bits per heavy atom. The van der Waals surface area contributed by atoms with Crippen molar-refractivity contribution >= 4 is 0 Å². The lowest BCUT2D eigenvalue weighted by atomic mass is 10.1. The number of nitriles is 1. The van der Waals surface area contributed by atoms with Crippen LogP contribution in [0.2, 0.25) is 0 Å². The fourth-order valence-electron chi connectivity index (χ4n) is 1.34. The molecule has 16 heavy (non-hydrogen) atoms. The van der Waals surface area contributed by atoms with Crippen molar-refractivity contribution < 1.29 is 9.13 Å². The number of halogens is 1. The minimum atomic E-state index is -0.570. The zero-order valence-electron chi connectivity index (χ0n) is 9.40. The molecule has 0 bridgehead atoms. The smallest absolute Gasteiger partial charge is 0.184 e. The van der Waals surface area contributed by atoms with Crippen LogP contribution in [0, 0.1) is 17.1 Å². The van der Waals surface area contributed by atoms with Crippen molar-refractivity contribution in [2.75, 3.05) is 0 Å². The predicted octanol–water partition coefficient (Wildman–Crippen LogP) is 2.53. The minimum absolute atomic E-state index is 0.258. The Hall–Kier alpha value is -1.60. The summed E-state index contributed by atoms with van der Waals surface area (Å²) in [5.74, 6) is -0.0457. The van der Waals surface area contributed by atoms with E-state index in [0.29, 0.717) is 17.7 Å². The lowest BCUT2D eigenvalue weighted by Gasteiger charge is -2.16. The van der Waals surface area contributed by atoms with Gasteiger partial charge in [0.25, 0.3) is 0 Å². The minimum Gasteiger partial charge on any atom is -0.475 e. The zero-order chi connectivity index (χ0) is 12.1. The molecule has 0 saturated carbocycles. The van der Waals surface area contributed by atoms with E-state index in [4.69, 9.17) is 15.7 Å². The van der Waals surface area contributed by atoms with Gasteiger partial charge in [0.2, 0.25) is 0 Å². The van der Waals surface area contributed by atoms with Gasteiger partial charge in [0.1, 0.15) is 17.6 Å². The molecule has 0 aliphatic carbocycles. The number of rotatable bonds is 4. The van der Waals surface area contributed by atoms with Gasteiger partial charge in [-0.1, -0.05) is 13.0 Å². The first-order valence-corrected chi connectivity index (χ1v) is 5.19. The quantitative estimate of drug-likeness (QED) is 0.851. The van der Waals surface area contributed by atoms with E-state index in [0.717, 1.165) is 0 Å². The second kappa shape index (κ2) is 5.47. The molecule has 2 atom stereocenters. The first-order chi connectivity index (χ1) is 7.58. The lowest BCUT2D eigenvalue weighted by Crippen LogP contribution is -2.15. The standard InChI is InChI=1S/C12H15FN2O/c1-3-10(7-14)16-12-6-9(13)4-5-11(12)8(2)15/h4-6,8,10H,3,15H2,1-2H3/t8-,10?/m0/s1.